The quantitative estimate of drug-likeness (QED) is 0.282. The molecule has 0 fully saturated rings. The van der Waals surface area contributed by atoms with Crippen molar-refractivity contribution in [2.24, 2.45) is 0 Å². The molecular formula is C7H14O3Si. The number of hydrogen-bond donors (Lipinski definition) is 0. The van der Waals surface area contributed by atoms with Crippen LogP contribution in [0.4, 0.5) is 0 Å². The Bertz CT molecular complexity index is 158. The molecule has 0 aromatic heterocycles. The molecule has 0 aromatic carbocycles. The van der Waals surface area contributed by atoms with Crippen LogP contribution in [0.1, 0.15) is 0 Å². The molecule has 0 spiro atoms. The van der Waals surface area contributed by atoms with E-state index in [2.05, 4.69) is 4.74 Å². The number of methoxy groups -OCH3 is 1. The van der Waals surface area contributed by atoms with Crippen LogP contribution >= 0.6 is 0 Å². The van der Waals surface area contributed by atoms with Crippen LogP contribution in [0.25, 0.3) is 0 Å². The minimum absolute atomic E-state index is 0.386. The van der Waals surface area contributed by atoms with E-state index in [1.807, 2.05) is 19.6 Å². The van der Waals surface area contributed by atoms with Crippen molar-refractivity contribution in [2.45, 2.75) is 19.6 Å². The molecule has 11 heavy (non-hydrogen) atoms. The molecule has 3 nitrogen and oxygen atoms in total. The fourth-order valence-corrected chi connectivity index (χ4v) is 0.838. The topological polar surface area (TPSA) is 35.5 Å². The summed E-state index contributed by atoms with van der Waals surface area (Å²) >= 11 is 0. The Morgan fingerprint density at radius 1 is 1.36 bits per heavy atom. The van der Waals surface area contributed by atoms with E-state index < -0.39 is 8.32 Å². The highest BCUT2D eigenvalue weighted by atomic mass is 28.4. The van der Waals surface area contributed by atoms with Gasteiger partial charge in [0.25, 0.3) is 0 Å². The fraction of sp³-hybridized carbons (Fsp3) is 0.571. The van der Waals surface area contributed by atoms with Gasteiger partial charge in [0.15, 0.2) is 0 Å². The molecule has 0 N–H and O–H groups in total. The first-order chi connectivity index (χ1) is 4.95. The Hall–Kier alpha value is -0.773. The molecule has 0 aliphatic heterocycles. The highest BCUT2D eigenvalue weighted by Crippen LogP contribution is 2.02. The smallest absolute Gasteiger partial charge is 0.333 e. The minimum Gasteiger partial charge on any atom is -0.549 e. The second-order valence-electron chi connectivity index (χ2n) is 3.06. The van der Waals surface area contributed by atoms with Gasteiger partial charge in [0, 0.05) is 0 Å². The molecule has 0 aliphatic rings. The lowest BCUT2D eigenvalue weighted by Gasteiger charge is -2.14. The first kappa shape index (κ1) is 10.2. The third-order valence-corrected chi connectivity index (χ3v) is 1.67. The molecule has 0 radical (unpaired) electrons. The third kappa shape index (κ3) is 7.12. The van der Waals surface area contributed by atoms with Crippen molar-refractivity contribution < 1.29 is 14.0 Å². The van der Waals surface area contributed by atoms with E-state index in [1.54, 1.807) is 0 Å². The molecule has 0 unspecified atom stereocenters. The number of carbonyl (C=O) groups excluding carboxylic acids is 1. The molecule has 0 saturated heterocycles. The van der Waals surface area contributed by atoms with Gasteiger partial charge < -0.3 is 9.16 Å². The van der Waals surface area contributed by atoms with Gasteiger partial charge in [-0.05, 0) is 19.6 Å². The first-order valence-electron chi connectivity index (χ1n) is 3.38. The zero-order valence-corrected chi connectivity index (χ0v) is 8.38. The summed E-state index contributed by atoms with van der Waals surface area (Å²) in [6.45, 7) is 6.11. The van der Waals surface area contributed by atoms with Crippen molar-refractivity contribution in [2.75, 3.05) is 7.11 Å². The van der Waals surface area contributed by atoms with E-state index in [0.717, 1.165) is 0 Å². The summed E-state index contributed by atoms with van der Waals surface area (Å²) in [6, 6.07) is 0. The van der Waals surface area contributed by atoms with Crippen LogP contribution in [-0.2, 0) is 14.0 Å². The molecule has 0 rings (SSSR count). The van der Waals surface area contributed by atoms with Gasteiger partial charge >= 0.3 is 5.97 Å². The molecule has 0 heterocycles. The molecule has 0 aliphatic carbocycles. The SMILES string of the molecule is COC(=O)/C=C/O[Si](C)(C)C. The molecule has 0 saturated carbocycles. The van der Waals surface area contributed by atoms with E-state index >= 15 is 0 Å². The van der Waals surface area contributed by atoms with Crippen molar-refractivity contribution in [3.8, 4) is 0 Å². The predicted molar refractivity (Wildman–Crippen MR) is 45.6 cm³/mol. The van der Waals surface area contributed by atoms with Gasteiger partial charge in [0.2, 0.25) is 8.32 Å². The van der Waals surface area contributed by atoms with Crippen LogP contribution in [0.3, 0.4) is 0 Å². The third-order valence-electron chi connectivity index (χ3n) is 0.827. The largest absolute Gasteiger partial charge is 0.549 e. The van der Waals surface area contributed by atoms with Gasteiger partial charge in [-0.2, -0.15) is 0 Å². The molecule has 0 aromatic rings. The molecular weight excluding hydrogens is 160 g/mol. The maximum absolute atomic E-state index is 10.5. The maximum atomic E-state index is 10.5. The van der Waals surface area contributed by atoms with Crippen LogP contribution < -0.4 is 0 Å². The zero-order valence-electron chi connectivity index (χ0n) is 7.38. The fourth-order valence-electron chi connectivity index (χ4n) is 0.362. The lowest BCUT2D eigenvalue weighted by Crippen LogP contribution is -2.22. The Morgan fingerprint density at radius 3 is 2.27 bits per heavy atom. The van der Waals surface area contributed by atoms with Crippen LogP contribution in [-0.4, -0.2) is 21.4 Å². The van der Waals surface area contributed by atoms with Gasteiger partial charge in [-0.1, -0.05) is 0 Å². The van der Waals surface area contributed by atoms with Gasteiger partial charge in [0.05, 0.1) is 19.4 Å². The van der Waals surface area contributed by atoms with Crippen LogP contribution in [0.15, 0.2) is 12.3 Å². The summed E-state index contributed by atoms with van der Waals surface area (Å²) in [5, 5.41) is 0. The Balaban J connectivity index is 3.70. The van der Waals surface area contributed by atoms with Gasteiger partial charge in [0.1, 0.15) is 0 Å². The monoisotopic (exact) mass is 174 g/mol. The number of rotatable bonds is 3. The van der Waals surface area contributed by atoms with E-state index in [0.29, 0.717) is 0 Å². The van der Waals surface area contributed by atoms with E-state index in [9.17, 15) is 4.79 Å². The van der Waals surface area contributed by atoms with Crippen molar-refractivity contribution in [3.63, 3.8) is 0 Å². The molecule has 0 atom stereocenters. The first-order valence-corrected chi connectivity index (χ1v) is 6.79. The summed E-state index contributed by atoms with van der Waals surface area (Å²) in [6.07, 6.45) is 2.68. The van der Waals surface area contributed by atoms with Gasteiger partial charge in [-0.15, -0.1) is 0 Å². The summed E-state index contributed by atoms with van der Waals surface area (Å²) in [5.74, 6) is -0.386. The van der Waals surface area contributed by atoms with E-state index in [-0.39, 0.29) is 5.97 Å². The van der Waals surface area contributed by atoms with E-state index in [4.69, 9.17) is 4.43 Å². The number of esters is 1. The highest BCUT2D eigenvalue weighted by molar-refractivity contribution is 6.69. The second-order valence-corrected chi connectivity index (χ2v) is 7.52. The zero-order chi connectivity index (χ0) is 8.91. The Labute approximate surface area is 68.1 Å². The Morgan fingerprint density at radius 2 is 1.91 bits per heavy atom. The summed E-state index contributed by atoms with van der Waals surface area (Å²) in [4.78, 5) is 10.5. The van der Waals surface area contributed by atoms with Crippen molar-refractivity contribution in [1.82, 2.24) is 0 Å². The molecule has 0 bridgehead atoms. The second kappa shape index (κ2) is 4.18. The van der Waals surface area contributed by atoms with Crippen LogP contribution in [0.2, 0.25) is 19.6 Å². The standard InChI is InChI=1S/C7H14O3Si/c1-9-7(8)5-6-10-11(2,3)4/h5-6H,1-4H3/b6-5+. The molecule has 64 valence electrons. The average Bonchev–Trinajstić information content (AvgIpc) is 1.85. The summed E-state index contributed by atoms with van der Waals surface area (Å²) < 4.78 is 9.63. The van der Waals surface area contributed by atoms with E-state index in [1.165, 1.54) is 19.4 Å². The summed E-state index contributed by atoms with van der Waals surface area (Å²) in [5.41, 5.74) is 0. The van der Waals surface area contributed by atoms with Crippen LogP contribution in [0.5, 0.6) is 0 Å². The van der Waals surface area contributed by atoms with Gasteiger partial charge in [-0.25, -0.2) is 4.79 Å². The molecule has 4 heteroatoms. The van der Waals surface area contributed by atoms with Crippen molar-refractivity contribution in [1.29, 1.82) is 0 Å². The Kier molecular flexibility index (Phi) is 3.88. The average molecular weight is 174 g/mol. The number of ether oxygens (including phenoxy) is 1. The van der Waals surface area contributed by atoms with Crippen molar-refractivity contribution >= 4 is 14.3 Å². The van der Waals surface area contributed by atoms with Gasteiger partial charge in [-0.3, -0.25) is 0 Å². The maximum Gasteiger partial charge on any atom is 0.333 e. The van der Waals surface area contributed by atoms with Crippen LogP contribution in [0, 0.1) is 0 Å². The minimum atomic E-state index is -1.53. The lowest BCUT2D eigenvalue weighted by molar-refractivity contribution is -0.134. The van der Waals surface area contributed by atoms with Crippen molar-refractivity contribution in [3.05, 3.63) is 12.3 Å². The number of hydrogen-bond acceptors (Lipinski definition) is 3. The summed E-state index contributed by atoms with van der Waals surface area (Å²) in [7, 11) is -0.197. The molecule has 0 amide bonds. The number of carbonyl (C=O) groups is 1. The highest BCUT2D eigenvalue weighted by Gasteiger charge is 2.12. The normalized spacial score (nSPS) is 11.6. The predicted octanol–water partition coefficient (Wildman–Crippen LogP) is 1.52. The lowest BCUT2D eigenvalue weighted by atomic mass is 10.6.